The molecule has 1 aromatic heterocycles. The number of hydrogen-bond acceptors (Lipinski definition) is 4. The van der Waals surface area contributed by atoms with E-state index in [1.54, 1.807) is 41.0 Å². The summed E-state index contributed by atoms with van der Waals surface area (Å²) in [4.78, 5) is 14.4. The van der Waals surface area contributed by atoms with Gasteiger partial charge in [-0.05, 0) is 39.0 Å². The fraction of sp³-hybridized carbons (Fsp3) is 0.444. The summed E-state index contributed by atoms with van der Waals surface area (Å²) < 4.78 is 12.9. The number of ether oxygens (including phenoxy) is 2. The highest BCUT2D eigenvalue weighted by atomic mass is 35.5. The van der Waals surface area contributed by atoms with Crippen molar-refractivity contribution in [1.82, 2.24) is 14.7 Å². The summed E-state index contributed by atoms with van der Waals surface area (Å²) in [7, 11) is 1.74. The van der Waals surface area contributed by atoms with Gasteiger partial charge in [-0.1, -0.05) is 11.6 Å². The van der Waals surface area contributed by atoms with Crippen LogP contribution in [0.4, 0.5) is 0 Å². The molecule has 1 amide bonds. The largest absolute Gasteiger partial charge is 0.490 e. The van der Waals surface area contributed by atoms with Crippen LogP contribution in [0.1, 0.15) is 36.8 Å². The number of aromatic nitrogens is 2. The fourth-order valence-corrected chi connectivity index (χ4v) is 2.72. The SMILES string of the molecule is CCOc1ccc(C(=O)N(C)Cc2c(Cl)cnn2CC)cc1OCC. The van der Waals surface area contributed by atoms with E-state index in [2.05, 4.69) is 5.10 Å². The molecule has 0 radical (unpaired) electrons. The van der Waals surface area contributed by atoms with E-state index in [1.807, 2.05) is 20.8 Å². The number of benzene rings is 1. The monoisotopic (exact) mass is 365 g/mol. The number of carbonyl (C=O) groups excluding carboxylic acids is 1. The summed E-state index contributed by atoms with van der Waals surface area (Å²) in [5.74, 6) is 1.08. The highest BCUT2D eigenvalue weighted by molar-refractivity contribution is 6.31. The lowest BCUT2D eigenvalue weighted by Crippen LogP contribution is -2.27. The maximum Gasteiger partial charge on any atom is 0.254 e. The lowest BCUT2D eigenvalue weighted by molar-refractivity contribution is 0.0781. The van der Waals surface area contributed by atoms with Gasteiger partial charge in [0.05, 0.1) is 36.7 Å². The molecule has 1 aromatic carbocycles. The Morgan fingerprint density at radius 2 is 1.88 bits per heavy atom. The lowest BCUT2D eigenvalue weighted by atomic mass is 10.1. The highest BCUT2D eigenvalue weighted by Gasteiger charge is 2.18. The van der Waals surface area contributed by atoms with Gasteiger partial charge >= 0.3 is 0 Å². The van der Waals surface area contributed by atoms with Gasteiger partial charge in [-0.3, -0.25) is 9.48 Å². The van der Waals surface area contributed by atoms with Crippen molar-refractivity contribution >= 4 is 17.5 Å². The van der Waals surface area contributed by atoms with Crippen molar-refractivity contribution in [3.8, 4) is 11.5 Å². The smallest absolute Gasteiger partial charge is 0.254 e. The molecule has 2 aromatic rings. The van der Waals surface area contributed by atoms with E-state index < -0.39 is 0 Å². The van der Waals surface area contributed by atoms with Crippen LogP contribution >= 0.6 is 11.6 Å². The topological polar surface area (TPSA) is 56.6 Å². The zero-order chi connectivity index (χ0) is 18.4. The molecule has 0 aliphatic heterocycles. The van der Waals surface area contributed by atoms with Crippen LogP contribution in [-0.2, 0) is 13.1 Å². The molecule has 0 unspecified atom stereocenters. The van der Waals surface area contributed by atoms with Crippen LogP contribution in [0.2, 0.25) is 5.02 Å². The summed E-state index contributed by atoms with van der Waals surface area (Å²) in [6, 6.07) is 5.22. The molecule has 0 N–H and O–H groups in total. The molecule has 6 nitrogen and oxygen atoms in total. The van der Waals surface area contributed by atoms with Gasteiger partial charge in [-0.15, -0.1) is 0 Å². The van der Waals surface area contributed by atoms with Crippen LogP contribution < -0.4 is 9.47 Å². The van der Waals surface area contributed by atoms with Crippen molar-refractivity contribution in [1.29, 1.82) is 0 Å². The molecule has 0 spiro atoms. The van der Waals surface area contributed by atoms with Crippen LogP contribution in [0.15, 0.2) is 24.4 Å². The first-order valence-corrected chi connectivity index (χ1v) is 8.74. The molecule has 0 fully saturated rings. The van der Waals surface area contributed by atoms with E-state index >= 15 is 0 Å². The fourth-order valence-electron chi connectivity index (χ4n) is 2.52. The van der Waals surface area contributed by atoms with Gasteiger partial charge in [0.2, 0.25) is 0 Å². The van der Waals surface area contributed by atoms with Gasteiger partial charge in [0.25, 0.3) is 5.91 Å². The van der Waals surface area contributed by atoms with Crippen LogP contribution in [0.25, 0.3) is 0 Å². The number of rotatable bonds is 8. The molecule has 0 aliphatic carbocycles. The number of carbonyl (C=O) groups is 1. The number of halogens is 1. The van der Waals surface area contributed by atoms with E-state index in [1.165, 1.54) is 0 Å². The molecule has 2 rings (SSSR count). The first kappa shape index (κ1) is 19.1. The maximum atomic E-state index is 12.8. The van der Waals surface area contributed by atoms with Crippen molar-refractivity contribution in [3.63, 3.8) is 0 Å². The molecule has 0 saturated carbocycles. The third-order valence-corrected chi connectivity index (χ3v) is 4.04. The molecule has 0 saturated heterocycles. The van der Waals surface area contributed by atoms with Crippen molar-refractivity contribution in [2.24, 2.45) is 0 Å². The summed E-state index contributed by atoms with van der Waals surface area (Å²) >= 11 is 6.18. The van der Waals surface area contributed by atoms with Gasteiger partial charge in [0, 0.05) is 19.2 Å². The van der Waals surface area contributed by atoms with E-state index in [-0.39, 0.29) is 5.91 Å². The van der Waals surface area contributed by atoms with Gasteiger partial charge in [0.1, 0.15) is 0 Å². The zero-order valence-electron chi connectivity index (χ0n) is 15.1. The molecule has 25 heavy (non-hydrogen) atoms. The Hall–Kier alpha value is -2.21. The minimum atomic E-state index is -0.121. The summed E-state index contributed by atoms with van der Waals surface area (Å²) in [6.07, 6.45) is 1.60. The second-order valence-electron chi connectivity index (χ2n) is 5.44. The minimum Gasteiger partial charge on any atom is -0.490 e. The predicted molar refractivity (Wildman–Crippen MR) is 97.5 cm³/mol. The second-order valence-corrected chi connectivity index (χ2v) is 5.85. The predicted octanol–water partition coefficient (Wildman–Crippen LogP) is 3.63. The van der Waals surface area contributed by atoms with Crippen molar-refractivity contribution in [3.05, 3.63) is 40.7 Å². The van der Waals surface area contributed by atoms with Crippen LogP contribution in [0.3, 0.4) is 0 Å². The van der Waals surface area contributed by atoms with E-state index in [9.17, 15) is 4.79 Å². The standard InChI is InChI=1S/C18H24ClN3O3/c1-5-22-15(14(19)11-20-22)12-21(4)18(23)13-8-9-16(24-6-2)17(10-13)25-7-3/h8-11H,5-7,12H2,1-4H3. The van der Waals surface area contributed by atoms with Gasteiger partial charge < -0.3 is 14.4 Å². The van der Waals surface area contributed by atoms with Crippen LogP contribution in [0, 0.1) is 0 Å². The number of hydrogen-bond donors (Lipinski definition) is 0. The zero-order valence-corrected chi connectivity index (χ0v) is 15.8. The second kappa shape index (κ2) is 8.76. The lowest BCUT2D eigenvalue weighted by Gasteiger charge is -2.19. The number of amides is 1. The first-order chi connectivity index (χ1) is 12.0. The summed E-state index contributed by atoms with van der Waals surface area (Å²) in [6.45, 7) is 7.89. The average molecular weight is 366 g/mol. The maximum absolute atomic E-state index is 12.8. The Morgan fingerprint density at radius 3 is 2.52 bits per heavy atom. The number of aryl methyl sites for hydroxylation is 1. The molecule has 0 bridgehead atoms. The first-order valence-electron chi connectivity index (χ1n) is 8.37. The van der Waals surface area contributed by atoms with Crippen molar-refractivity contribution in [2.75, 3.05) is 20.3 Å². The third kappa shape index (κ3) is 4.45. The molecule has 0 atom stereocenters. The van der Waals surface area contributed by atoms with Crippen molar-refractivity contribution < 1.29 is 14.3 Å². The molecule has 1 heterocycles. The Bertz CT molecular complexity index is 730. The van der Waals surface area contributed by atoms with E-state index in [0.717, 1.165) is 5.69 Å². The third-order valence-electron chi connectivity index (χ3n) is 3.72. The quantitative estimate of drug-likeness (QED) is 0.716. The highest BCUT2D eigenvalue weighted by Crippen LogP contribution is 2.29. The van der Waals surface area contributed by atoms with Gasteiger partial charge in [-0.2, -0.15) is 5.10 Å². The van der Waals surface area contributed by atoms with Crippen LogP contribution in [0.5, 0.6) is 11.5 Å². The summed E-state index contributed by atoms with van der Waals surface area (Å²) in [5, 5.41) is 4.76. The summed E-state index contributed by atoms with van der Waals surface area (Å²) in [5.41, 5.74) is 1.35. The molecule has 136 valence electrons. The minimum absolute atomic E-state index is 0.121. The van der Waals surface area contributed by atoms with E-state index in [4.69, 9.17) is 21.1 Å². The number of nitrogens with zero attached hydrogens (tertiary/aromatic N) is 3. The molecule has 7 heteroatoms. The Morgan fingerprint density at radius 1 is 1.20 bits per heavy atom. The Labute approximate surface area is 153 Å². The van der Waals surface area contributed by atoms with Gasteiger partial charge in [-0.25, -0.2) is 0 Å². The molecular formula is C18H24ClN3O3. The normalized spacial score (nSPS) is 10.6. The van der Waals surface area contributed by atoms with Crippen LogP contribution in [-0.4, -0.2) is 40.8 Å². The van der Waals surface area contributed by atoms with E-state index in [0.29, 0.717) is 48.4 Å². The average Bonchev–Trinajstić information content (AvgIpc) is 2.96. The molecular weight excluding hydrogens is 342 g/mol. The van der Waals surface area contributed by atoms with Crippen molar-refractivity contribution in [2.45, 2.75) is 33.9 Å². The Balaban J connectivity index is 2.21. The molecule has 0 aliphatic rings. The Kier molecular flexibility index (Phi) is 6.70. The van der Waals surface area contributed by atoms with Gasteiger partial charge in [0.15, 0.2) is 11.5 Å².